The van der Waals surface area contributed by atoms with Gasteiger partial charge in [-0.15, -0.1) is 29.9 Å². The van der Waals surface area contributed by atoms with Crippen LogP contribution in [-0.4, -0.2) is 61.9 Å². The molecular weight excluding hydrogens is 577 g/mol. The molecule has 1 aliphatic heterocycles. The van der Waals surface area contributed by atoms with Crippen molar-refractivity contribution in [2.24, 2.45) is 5.73 Å². The molecule has 1 aromatic carbocycles. The first-order valence-electron chi connectivity index (χ1n) is 14.8. The van der Waals surface area contributed by atoms with Crippen LogP contribution in [0.25, 0.3) is 11.2 Å². The second kappa shape index (κ2) is 14.5. The monoisotopic (exact) mass is 619 g/mol. The number of anilines is 3. The number of hydrogen-bond donors (Lipinski definition) is 4. The van der Waals surface area contributed by atoms with E-state index in [0.717, 1.165) is 79.6 Å². The number of carbonyl (C=O) groups excluding carboxylic acids is 1. The van der Waals surface area contributed by atoms with Crippen LogP contribution in [0.1, 0.15) is 75.8 Å². The van der Waals surface area contributed by atoms with Crippen molar-refractivity contribution in [1.29, 1.82) is 0 Å². The van der Waals surface area contributed by atoms with Gasteiger partial charge in [-0.2, -0.15) is 9.97 Å². The van der Waals surface area contributed by atoms with Gasteiger partial charge < -0.3 is 25.8 Å². The summed E-state index contributed by atoms with van der Waals surface area (Å²) >= 11 is 0. The highest BCUT2D eigenvalue weighted by Gasteiger charge is 2.27. The van der Waals surface area contributed by atoms with Crippen LogP contribution < -0.4 is 21.7 Å². The third-order valence-electron chi connectivity index (χ3n) is 8.55. The van der Waals surface area contributed by atoms with E-state index in [1.807, 2.05) is 37.5 Å². The van der Waals surface area contributed by atoms with E-state index in [2.05, 4.69) is 20.5 Å². The number of amides is 1. The Balaban J connectivity index is 0.00000202. The summed E-state index contributed by atoms with van der Waals surface area (Å²) in [5.41, 5.74) is 9.70. The lowest BCUT2D eigenvalue weighted by Crippen LogP contribution is -2.41. The van der Waals surface area contributed by atoms with Crippen molar-refractivity contribution in [3.8, 4) is 0 Å². The summed E-state index contributed by atoms with van der Waals surface area (Å²) in [6, 6.07) is 8.92. The normalized spacial score (nSPS) is 21.8. The summed E-state index contributed by atoms with van der Waals surface area (Å²) < 4.78 is 2.25. The van der Waals surface area contributed by atoms with E-state index in [4.69, 9.17) is 25.5 Å². The van der Waals surface area contributed by atoms with Crippen molar-refractivity contribution in [2.75, 3.05) is 29.0 Å². The molecule has 2 saturated carbocycles. The molecule has 0 radical (unpaired) electrons. The van der Waals surface area contributed by atoms with Gasteiger partial charge in [0, 0.05) is 42.9 Å². The smallest absolute Gasteiger partial charge is 0.365 e. The number of hydroxylamine groups is 2. The highest BCUT2D eigenvalue weighted by atomic mass is 35.5. The summed E-state index contributed by atoms with van der Waals surface area (Å²) in [6.45, 7) is 3.28. The van der Waals surface area contributed by atoms with Crippen LogP contribution in [0.15, 0.2) is 30.6 Å². The minimum Gasteiger partial charge on any atom is -0.365 e. The quantitative estimate of drug-likeness (QED) is 0.258. The van der Waals surface area contributed by atoms with Crippen LogP contribution in [0.5, 0.6) is 0 Å². The third-order valence-corrected chi connectivity index (χ3v) is 8.55. The second-order valence-corrected chi connectivity index (χ2v) is 11.6. The molecule has 1 saturated heterocycles. The first-order valence-corrected chi connectivity index (χ1v) is 14.8. The number of halogens is 2. The maximum absolute atomic E-state index is 12.4. The number of nitrogens with one attached hydrogen (secondary N) is 3. The molecule has 0 bridgehead atoms. The van der Waals surface area contributed by atoms with Crippen molar-refractivity contribution in [3.63, 3.8) is 0 Å². The number of aryl methyl sites for hydroxylation is 1. The fraction of sp³-hybridized carbons (Fsp3) is 0.586. The molecule has 3 aliphatic rings. The molecule has 0 unspecified atom stereocenters. The van der Waals surface area contributed by atoms with Crippen molar-refractivity contribution in [3.05, 3.63) is 36.2 Å². The molecular formula is C29H43Cl2N9O2. The van der Waals surface area contributed by atoms with Gasteiger partial charge in [-0.05, 0) is 70.4 Å². The van der Waals surface area contributed by atoms with Gasteiger partial charge in [-0.3, -0.25) is 5.32 Å². The van der Waals surface area contributed by atoms with Crippen molar-refractivity contribution < 1.29 is 9.63 Å². The highest BCUT2D eigenvalue weighted by Crippen LogP contribution is 2.34. The Labute approximate surface area is 259 Å². The van der Waals surface area contributed by atoms with Crippen LogP contribution in [-0.2, 0) is 4.84 Å². The number of fused-ring (bicyclic) bond motifs is 1. The maximum atomic E-state index is 12.4. The molecule has 6 rings (SSSR count). The molecule has 230 valence electrons. The summed E-state index contributed by atoms with van der Waals surface area (Å²) in [6.07, 6.45) is 12.0. The summed E-state index contributed by atoms with van der Waals surface area (Å²) in [5.74, 6) is 1.43. The average Bonchev–Trinajstić information content (AvgIpc) is 3.63. The SMILES string of the molecule is Cc1ccc(NC(=O)ON2CCC(Nc3nc(NC4CCC(N)CC4)nc4c3ncn4C3CCCC3)CC2)cc1.Cl.Cl. The van der Waals surface area contributed by atoms with E-state index in [0.29, 0.717) is 37.2 Å². The molecule has 3 aromatic rings. The van der Waals surface area contributed by atoms with Gasteiger partial charge >= 0.3 is 6.09 Å². The maximum Gasteiger partial charge on any atom is 0.430 e. The second-order valence-electron chi connectivity index (χ2n) is 11.6. The molecule has 1 amide bonds. The van der Waals surface area contributed by atoms with Gasteiger partial charge in [-0.1, -0.05) is 30.5 Å². The van der Waals surface area contributed by atoms with Crippen LogP contribution in [0.4, 0.5) is 22.2 Å². The van der Waals surface area contributed by atoms with E-state index >= 15 is 0 Å². The zero-order chi connectivity index (χ0) is 27.5. The van der Waals surface area contributed by atoms with Crippen molar-refractivity contribution >= 4 is 59.5 Å². The van der Waals surface area contributed by atoms with Gasteiger partial charge in [0.05, 0.1) is 6.33 Å². The fourth-order valence-electron chi connectivity index (χ4n) is 6.16. The Hall–Kier alpha value is -2.86. The number of imidazole rings is 1. The minimum absolute atomic E-state index is 0. The minimum atomic E-state index is -0.468. The van der Waals surface area contributed by atoms with Gasteiger partial charge in [0.25, 0.3) is 0 Å². The fourth-order valence-corrected chi connectivity index (χ4v) is 6.16. The Kier molecular flexibility index (Phi) is 11.1. The molecule has 42 heavy (non-hydrogen) atoms. The van der Waals surface area contributed by atoms with Crippen LogP contribution >= 0.6 is 24.8 Å². The molecule has 2 aliphatic carbocycles. The number of carbonyl (C=O) groups is 1. The predicted molar refractivity (Wildman–Crippen MR) is 171 cm³/mol. The summed E-state index contributed by atoms with van der Waals surface area (Å²) in [7, 11) is 0. The Morgan fingerprint density at radius 1 is 0.905 bits per heavy atom. The topological polar surface area (TPSA) is 135 Å². The van der Waals surface area contributed by atoms with Gasteiger partial charge in [0.2, 0.25) is 5.95 Å². The van der Waals surface area contributed by atoms with E-state index in [-0.39, 0.29) is 30.9 Å². The van der Waals surface area contributed by atoms with Crippen LogP contribution in [0.3, 0.4) is 0 Å². The average molecular weight is 621 g/mol. The lowest BCUT2D eigenvalue weighted by Gasteiger charge is -2.31. The molecule has 2 aromatic heterocycles. The van der Waals surface area contributed by atoms with Gasteiger partial charge in [-0.25, -0.2) is 9.78 Å². The van der Waals surface area contributed by atoms with Gasteiger partial charge in [0.1, 0.15) is 0 Å². The number of piperidine rings is 1. The molecule has 3 fully saturated rings. The van der Waals surface area contributed by atoms with Crippen molar-refractivity contribution in [1.82, 2.24) is 24.6 Å². The van der Waals surface area contributed by atoms with E-state index in [1.54, 1.807) is 5.06 Å². The zero-order valence-electron chi connectivity index (χ0n) is 24.1. The van der Waals surface area contributed by atoms with E-state index in [9.17, 15) is 4.79 Å². The summed E-state index contributed by atoms with van der Waals surface area (Å²) in [5, 5.41) is 11.8. The molecule has 11 nitrogen and oxygen atoms in total. The molecule has 0 atom stereocenters. The zero-order valence-corrected chi connectivity index (χ0v) is 25.8. The molecule has 13 heteroatoms. The van der Waals surface area contributed by atoms with Crippen molar-refractivity contribution in [2.45, 2.75) is 95.3 Å². The predicted octanol–water partition coefficient (Wildman–Crippen LogP) is 5.82. The Bertz CT molecular complexity index is 1300. The Morgan fingerprint density at radius 2 is 1.57 bits per heavy atom. The highest BCUT2D eigenvalue weighted by molar-refractivity contribution is 5.86. The number of hydrogen-bond acceptors (Lipinski definition) is 9. The lowest BCUT2D eigenvalue weighted by atomic mass is 9.92. The lowest BCUT2D eigenvalue weighted by molar-refractivity contribution is -0.106. The Morgan fingerprint density at radius 3 is 2.26 bits per heavy atom. The molecule has 0 spiro atoms. The molecule has 5 N–H and O–H groups in total. The van der Waals surface area contributed by atoms with Gasteiger partial charge in [0.15, 0.2) is 17.0 Å². The largest absolute Gasteiger partial charge is 0.430 e. The first kappa shape index (κ1) is 32.1. The number of rotatable bonds is 7. The van der Waals surface area contributed by atoms with E-state index < -0.39 is 6.09 Å². The van der Waals surface area contributed by atoms with E-state index in [1.165, 1.54) is 12.8 Å². The number of benzene rings is 1. The van der Waals surface area contributed by atoms with Crippen LogP contribution in [0.2, 0.25) is 0 Å². The summed E-state index contributed by atoms with van der Waals surface area (Å²) in [4.78, 5) is 32.6. The standard InChI is InChI=1S/C29H41N9O2.2ClH/c1-19-6-10-22(11-7-19)34-29(39)40-37-16-14-23(15-17-37)32-26-25-27(38(18-31-25)24-4-2-3-5-24)36-28(35-26)33-21-12-8-20(30)9-13-21;;/h6-7,10-11,18,20-21,23-24H,2-5,8-9,12-17,30H2,1H3,(H,34,39)(H2,32,33,35,36);2*1H. The number of nitrogens with zero attached hydrogens (tertiary/aromatic N) is 5. The third kappa shape index (κ3) is 7.75. The number of nitrogens with two attached hydrogens (primary N) is 1. The van der Waals surface area contributed by atoms with Crippen LogP contribution in [0, 0.1) is 6.92 Å². The molecule has 3 heterocycles. The number of aromatic nitrogens is 4. The first-order chi connectivity index (χ1) is 19.5.